The number of fused-ring (bicyclic) bond motifs is 1. The normalized spacial score (nSPS) is 13.3. The van der Waals surface area contributed by atoms with Crippen LogP contribution < -0.4 is 9.64 Å². The Morgan fingerprint density at radius 3 is 2.63 bits per heavy atom. The summed E-state index contributed by atoms with van der Waals surface area (Å²) in [7, 11) is 0. The number of halogens is 4. The Balaban J connectivity index is 1.64. The number of aromatic carboxylic acids is 1. The number of rotatable bonds is 4. The fourth-order valence-corrected chi connectivity index (χ4v) is 3.40. The van der Waals surface area contributed by atoms with Gasteiger partial charge in [0.05, 0.1) is 11.1 Å². The molecule has 0 radical (unpaired) electrons. The van der Waals surface area contributed by atoms with Crippen LogP contribution >= 0.6 is 0 Å². The van der Waals surface area contributed by atoms with Crippen molar-refractivity contribution < 1.29 is 32.2 Å². The van der Waals surface area contributed by atoms with Gasteiger partial charge in [-0.05, 0) is 42.3 Å². The molecule has 0 bridgehead atoms. The second-order valence-electron chi connectivity index (χ2n) is 6.64. The van der Waals surface area contributed by atoms with Crippen molar-refractivity contribution in [3.8, 4) is 11.5 Å². The molecule has 0 spiro atoms. The summed E-state index contributed by atoms with van der Waals surface area (Å²) >= 11 is 0. The zero-order valence-electron chi connectivity index (χ0n) is 15.3. The fraction of sp³-hybridized carbons (Fsp3) is 0.143. The molecule has 0 amide bonds. The van der Waals surface area contributed by atoms with Gasteiger partial charge in [0, 0.05) is 30.6 Å². The Morgan fingerprint density at radius 2 is 1.90 bits per heavy atom. The highest BCUT2D eigenvalue weighted by Gasteiger charge is 2.32. The van der Waals surface area contributed by atoms with Gasteiger partial charge in [-0.1, -0.05) is 6.07 Å². The summed E-state index contributed by atoms with van der Waals surface area (Å²) in [5.74, 6) is -1.79. The number of aromatic nitrogens is 1. The Kier molecular flexibility index (Phi) is 4.81. The third-order valence-electron chi connectivity index (χ3n) is 4.69. The van der Waals surface area contributed by atoms with E-state index < -0.39 is 23.5 Å². The van der Waals surface area contributed by atoms with Crippen molar-refractivity contribution in [2.24, 2.45) is 0 Å². The van der Waals surface area contributed by atoms with Crippen LogP contribution in [-0.2, 0) is 12.6 Å². The number of ether oxygens (including phenoxy) is 1. The zero-order chi connectivity index (χ0) is 21.5. The molecular weight excluding hydrogens is 404 g/mol. The summed E-state index contributed by atoms with van der Waals surface area (Å²) < 4.78 is 57.8. The number of alkyl halides is 3. The van der Waals surface area contributed by atoms with E-state index in [-0.39, 0.29) is 17.1 Å². The third-order valence-corrected chi connectivity index (χ3v) is 4.69. The smallest absolute Gasteiger partial charge is 0.416 e. The van der Waals surface area contributed by atoms with Gasteiger partial charge in [-0.25, -0.2) is 14.2 Å². The topological polar surface area (TPSA) is 62.7 Å². The van der Waals surface area contributed by atoms with E-state index >= 15 is 0 Å². The highest BCUT2D eigenvalue weighted by atomic mass is 19.4. The van der Waals surface area contributed by atoms with Gasteiger partial charge >= 0.3 is 12.1 Å². The molecule has 154 valence electrons. The van der Waals surface area contributed by atoms with Gasteiger partial charge in [-0.3, -0.25) is 0 Å². The summed E-state index contributed by atoms with van der Waals surface area (Å²) in [6.07, 6.45) is -2.79. The number of carboxylic acids is 1. The predicted molar refractivity (Wildman–Crippen MR) is 99.8 cm³/mol. The molecule has 1 N–H and O–H groups in total. The summed E-state index contributed by atoms with van der Waals surface area (Å²) in [6.45, 7) is 0.480. The number of pyridine rings is 1. The van der Waals surface area contributed by atoms with Crippen LogP contribution in [0.5, 0.6) is 11.5 Å². The first-order valence-electron chi connectivity index (χ1n) is 8.87. The second kappa shape index (κ2) is 7.33. The minimum absolute atomic E-state index is 0.168. The van der Waals surface area contributed by atoms with Crippen molar-refractivity contribution in [3.05, 3.63) is 77.2 Å². The summed E-state index contributed by atoms with van der Waals surface area (Å²) in [5, 5.41) is 9.35. The standard InChI is InChI=1S/C21H14F4N2O3/c22-13-8-12(21(23,24)25)9-15(10-13)30-14-4-6-26-19(11-14)27-7-5-16-17(20(28)29)2-1-3-18(16)27/h1-4,6,8-11H,5,7H2,(H,28,29). The van der Waals surface area contributed by atoms with Crippen molar-refractivity contribution >= 4 is 17.5 Å². The maximum Gasteiger partial charge on any atom is 0.416 e. The average molecular weight is 418 g/mol. The number of hydrogen-bond donors (Lipinski definition) is 1. The SMILES string of the molecule is O=C(O)c1cccc2c1CCN2c1cc(Oc2cc(F)cc(C(F)(F)F)c2)ccn1. The Labute approximate surface area is 168 Å². The lowest BCUT2D eigenvalue weighted by atomic mass is 10.1. The van der Waals surface area contributed by atoms with Gasteiger partial charge in [-0.15, -0.1) is 0 Å². The second-order valence-corrected chi connectivity index (χ2v) is 6.64. The minimum atomic E-state index is -4.70. The van der Waals surface area contributed by atoms with Crippen LogP contribution in [0.2, 0.25) is 0 Å². The van der Waals surface area contributed by atoms with Gasteiger partial charge < -0.3 is 14.7 Å². The molecule has 1 aliphatic rings. The summed E-state index contributed by atoms with van der Waals surface area (Å²) in [6, 6.07) is 9.84. The Bertz CT molecular complexity index is 1130. The fourth-order valence-electron chi connectivity index (χ4n) is 3.40. The maximum atomic E-state index is 13.6. The van der Waals surface area contributed by atoms with E-state index in [0.717, 1.165) is 6.07 Å². The van der Waals surface area contributed by atoms with Crippen LogP contribution in [0.1, 0.15) is 21.5 Å². The molecule has 0 aliphatic carbocycles. The predicted octanol–water partition coefficient (Wildman–Crippen LogP) is 5.42. The first-order valence-corrected chi connectivity index (χ1v) is 8.87. The van der Waals surface area contributed by atoms with Crippen LogP contribution in [0.4, 0.5) is 29.1 Å². The molecule has 5 nitrogen and oxygen atoms in total. The van der Waals surface area contributed by atoms with E-state index in [0.29, 0.717) is 42.2 Å². The lowest BCUT2D eigenvalue weighted by Gasteiger charge is -2.19. The molecule has 3 aromatic rings. The number of carbonyl (C=O) groups is 1. The van der Waals surface area contributed by atoms with Gasteiger partial charge in [0.15, 0.2) is 0 Å². The monoisotopic (exact) mass is 418 g/mol. The van der Waals surface area contributed by atoms with Crippen LogP contribution in [0.3, 0.4) is 0 Å². The van der Waals surface area contributed by atoms with Crippen LogP contribution in [0.15, 0.2) is 54.7 Å². The number of anilines is 2. The average Bonchev–Trinajstić information content (AvgIpc) is 3.11. The molecule has 30 heavy (non-hydrogen) atoms. The number of carboxylic acid groups (broad SMARTS) is 1. The molecule has 2 heterocycles. The lowest BCUT2D eigenvalue weighted by molar-refractivity contribution is -0.137. The van der Waals surface area contributed by atoms with Gasteiger partial charge in [-0.2, -0.15) is 13.2 Å². The first-order chi connectivity index (χ1) is 14.2. The van der Waals surface area contributed by atoms with E-state index in [1.807, 2.05) is 0 Å². The molecule has 9 heteroatoms. The summed E-state index contributed by atoms with van der Waals surface area (Å²) in [4.78, 5) is 17.5. The molecule has 0 fully saturated rings. The summed E-state index contributed by atoms with van der Waals surface area (Å²) in [5.41, 5.74) is 0.422. The highest BCUT2D eigenvalue weighted by Crippen LogP contribution is 2.38. The van der Waals surface area contributed by atoms with Crippen molar-refractivity contribution in [1.29, 1.82) is 0 Å². The molecule has 1 aliphatic heterocycles. The molecule has 0 atom stereocenters. The molecule has 4 rings (SSSR count). The van der Waals surface area contributed by atoms with Gasteiger partial charge in [0.25, 0.3) is 0 Å². The van der Waals surface area contributed by atoms with Crippen molar-refractivity contribution in [3.63, 3.8) is 0 Å². The van der Waals surface area contributed by atoms with Crippen LogP contribution in [0, 0.1) is 5.82 Å². The Morgan fingerprint density at radius 1 is 1.10 bits per heavy atom. The van der Waals surface area contributed by atoms with E-state index in [4.69, 9.17) is 4.74 Å². The van der Waals surface area contributed by atoms with Crippen molar-refractivity contribution in [1.82, 2.24) is 4.98 Å². The quantitative estimate of drug-likeness (QED) is 0.573. The van der Waals surface area contributed by atoms with Crippen LogP contribution in [-0.4, -0.2) is 22.6 Å². The number of nitrogens with zero attached hydrogens (tertiary/aromatic N) is 2. The van der Waals surface area contributed by atoms with Crippen molar-refractivity contribution in [2.75, 3.05) is 11.4 Å². The van der Waals surface area contributed by atoms with E-state index in [1.165, 1.54) is 24.4 Å². The molecule has 0 saturated carbocycles. The molecule has 1 aromatic heterocycles. The Hall–Kier alpha value is -3.62. The maximum absolute atomic E-state index is 13.6. The molecule has 2 aromatic carbocycles. The van der Waals surface area contributed by atoms with Gasteiger partial charge in [0.2, 0.25) is 0 Å². The molecule has 0 unspecified atom stereocenters. The minimum Gasteiger partial charge on any atom is -0.478 e. The first kappa shape index (κ1) is 19.7. The number of benzene rings is 2. The lowest BCUT2D eigenvalue weighted by Crippen LogP contribution is -2.14. The third kappa shape index (κ3) is 3.78. The largest absolute Gasteiger partial charge is 0.478 e. The van der Waals surface area contributed by atoms with E-state index in [9.17, 15) is 27.5 Å². The molecule has 0 saturated heterocycles. The number of hydrogen-bond acceptors (Lipinski definition) is 4. The van der Waals surface area contributed by atoms with Crippen LogP contribution in [0.25, 0.3) is 0 Å². The van der Waals surface area contributed by atoms with Gasteiger partial charge in [0.1, 0.15) is 23.1 Å². The van der Waals surface area contributed by atoms with Crippen molar-refractivity contribution in [2.45, 2.75) is 12.6 Å². The highest BCUT2D eigenvalue weighted by molar-refractivity contribution is 5.92. The van der Waals surface area contributed by atoms with E-state index in [1.54, 1.807) is 17.0 Å². The molecular formula is C21H14F4N2O3. The zero-order valence-corrected chi connectivity index (χ0v) is 15.3. The van der Waals surface area contributed by atoms with E-state index in [2.05, 4.69) is 4.98 Å².